The molecule has 0 bridgehead atoms. The fourth-order valence-electron chi connectivity index (χ4n) is 5.81. The second-order valence-corrected chi connectivity index (χ2v) is 12.7. The lowest BCUT2D eigenvalue weighted by molar-refractivity contribution is 0.296. The first-order valence-electron chi connectivity index (χ1n) is 13.2. The molecule has 3 atom stereocenters. The highest BCUT2D eigenvalue weighted by molar-refractivity contribution is 7.43. The first kappa shape index (κ1) is 27.4. The predicted octanol–water partition coefficient (Wildman–Crippen LogP) is 6.59. The third kappa shape index (κ3) is 5.91. The average Bonchev–Trinajstić information content (AvgIpc) is 3.43. The Morgan fingerprint density at radius 1 is 1.33 bits per heavy atom. The van der Waals surface area contributed by atoms with Crippen molar-refractivity contribution in [3.8, 4) is 6.07 Å². The molecule has 0 amide bonds. The van der Waals surface area contributed by atoms with Crippen LogP contribution in [0.25, 0.3) is 0 Å². The van der Waals surface area contributed by atoms with Crippen molar-refractivity contribution in [2.24, 2.45) is 0 Å². The van der Waals surface area contributed by atoms with Gasteiger partial charge in [-0.1, -0.05) is 39.8 Å². The summed E-state index contributed by atoms with van der Waals surface area (Å²) in [7, 11) is 4.95. The molecular weight excluding hydrogens is 505 g/mol. The minimum Gasteiger partial charge on any atom is -0.303 e. The lowest BCUT2D eigenvalue weighted by atomic mass is 9.78. The summed E-state index contributed by atoms with van der Waals surface area (Å²) < 4.78 is 1.03. The summed E-state index contributed by atoms with van der Waals surface area (Å²) in [6, 6.07) is 4.90. The molecule has 3 heterocycles. The van der Waals surface area contributed by atoms with Crippen LogP contribution < -0.4 is 4.62 Å². The molecule has 36 heavy (non-hydrogen) atoms. The maximum Gasteiger partial charge on any atom is 0.179 e. The second-order valence-electron chi connectivity index (χ2n) is 10.2. The van der Waals surface area contributed by atoms with Crippen molar-refractivity contribution < 1.29 is 0 Å². The van der Waals surface area contributed by atoms with E-state index in [2.05, 4.69) is 46.1 Å². The summed E-state index contributed by atoms with van der Waals surface area (Å²) in [5.41, 5.74) is 5.50. The van der Waals surface area contributed by atoms with E-state index < -0.39 is 0 Å². The van der Waals surface area contributed by atoms with Gasteiger partial charge in [-0.05, 0) is 95.5 Å². The van der Waals surface area contributed by atoms with Crippen LogP contribution in [-0.4, -0.2) is 40.2 Å². The summed E-state index contributed by atoms with van der Waals surface area (Å²) in [4.78, 5) is 13.1. The molecule has 192 valence electrons. The molecule has 2 aromatic rings. The van der Waals surface area contributed by atoms with Crippen molar-refractivity contribution in [1.82, 2.24) is 14.9 Å². The normalized spacial score (nSPS) is 20.7. The highest BCUT2D eigenvalue weighted by Crippen LogP contribution is 2.43. The number of allylic oxidation sites excluding steroid dienone is 2. The van der Waals surface area contributed by atoms with Crippen LogP contribution in [0.5, 0.6) is 0 Å². The van der Waals surface area contributed by atoms with Crippen molar-refractivity contribution in [2.45, 2.75) is 90.0 Å². The van der Waals surface area contributed by atoms with Crippen LogP contribution in [0.3, 0.4) is 0 Å². The first-order valence-corrected chi connectivity index (χ1v) is 14.9. The summed E-state index contributed by atoms with van der Waals surface area (Å²) in [5, 5.41) is 19.5. The van der Waals surface area contributed by atoms with Crippen molar-refractivity contribution in [3.63, 3.8) is 0 Å². The number of aromatic nitrogens is 2. The van der Waals surface area contributed by atoms with E-state index in [1.807, 2.05) is 6.07 Å². The van der Waals surface area contributed by atoms with Crippen LogP contribution in [0.4, 0.5) is 0 Å². The molecule has 1 N–H and O–H groups in total. The standard InChI is InChI=1S/C28H37ClN5PS/c1-4-5-9-21(17(2)20-10-6-11-23-25(20)22(16-30)28(35)36-23)26(31)27-32-18(15-24(29)33-27)12-13-19-8-7-14-34(19)3/h15,19-20,31H,4-14,35H2,1-3H3/b21-17+,31-26?/t19-,20+/m0/s1. The third-order valence-electron chi connectivity index (χ3n) is 7.86. The van der Waals surface area contributed by atoms with Gasteiger partial charge in [-0.15, -0.1) is 11.3 Å². The summed E-state index contributed by atoms with van der Waals surface area (Å²) in [6.07, 6.45) is 10.4. The Morgan fingerprint density at radius 2 is 2.14 bits per heavy atom. The lowest BCUT2D eigenvalue weighted by Gasteiger charge is -2.27. The number of hydrogen-bond donors (Lipinski definition) is 1. The van der Waals surface area contributed by atoms with Crippen molar-refractivity contribution in [1.29, 1.82) is 10.7 Å². The number of likely N-dealkylation sites (tertiary alicyclic amines) is 1. The van der Waals surface area contributed by atoms with Crippen LogP contribution in [0.1, 0.15) is 98.7 Å². The number of hydrogen-bond acceptors (Lipinski definition) is 6. The van der Waals surface area contributed by atoms with Gasteiger partial charge in [0, 0.05) is 27.1 Å². The average molecular weight is 542 g/mol. The molecule has 2 aliphatic rings. The summed E-state index contributed by atoms with van der Waals surface area (Å²) >= 11 is 8.19. The van der Waals surface area contributed by atoms with Gasteiger partial charge in [0.05, 0.1) is 5.56 Å². The Hall–Kier alpha value is -1.64. The van der Waals surface area contributed by atoms with Crippen molar-refractivity contribution in [2.75, 3.05) is 13.6 Å². The van der Waals surface area contributed by atoms with E-state index in [0.717, 1.165) is 79.4 Å². The van der Waals surface area contributed by atoms with Gasteiger partial charge in [-0.2, -0.15) is 5.26 Å². The van der Waals surface area contributed by atoms with E-state index in [9.17, 15) is 10.7 Å². The lowest BCUT2D eigenvalue weighted by Crippen LogP contribution is -2.25. The maximum absolute atomic E-state index is 9.88. The van der Waals surface area contributed by atoms with Crippen LogP contribution in [-0.2, 0) is 12.8 Å². The molecule has 0 saturated carbocycles. The quantitative estimate of drug-likeness (QED) is 0.221. The monoisotopic (exact) mass is 541 g/mol. The molecule has 0 radical (unpaired) electrons. The first-order chi connectivity index (χ1) is 17.3. The number of unbranched alkanes of at least 4 members (excludes halogenated alkanes) is 1. The maximum atomic E-state index is 9.88. The number of nitrogens with one attached hydrogen (secondary N) is 1. The van der Waals surface area contributed by atoms with Crippen LogP contribution in [0.2, 0.25) is 5.15 Å². The SMILES string of the molecule is CCCC/C(C(=N)c1nc(Cl)cc(CC[C@@H]2CCCN2C)n1)=C(/C)[C@H]1CCCc2sc(P)c(C#N)c21. The molecule has 0 spiro atoms. The third-order valence-corrected chi connectivity index (χ3v) is 9.79. The molecule has 2 aromatic heterocycles. The Balaban J connectivity index is 1.67. The predicted molar refractivity (Wildman–Crippen MR) is 154 cm³/mol. The highest BCUT2D eigenvalue weighted by Gasteiger charge is 2.30. The van der Waals surface area contributed by atoms with Gasteiger partial charge >= 0.3 is 0 Å². The number of halogens is 1. The van der Waals surface area contributed by atoms with Crippen molar-refractivity contribution in [3.05, 3.63) is 49.9 Å². The fourth-order valence-corrected chi connectivity index (χ4v) is 7.78. The van der Waals surface area contributed by atoms with Crippen LogP contribution in [0, 0.1) is 16.7 Å². The van der Waals surface area contributed by atoms with Gasteiger partial charge in [0.15, 0.2) is 5.82 Å². The van der Waals surface area contributed by atoms with E-state index in [-0.39, 0.29) is 5.92 Å². The number of aryl methyl sites for hydroxylation is 2. The topological polar surface area (TPSA) is 76.7 Å². The smallest absolute Gasteiger partial charge is 0.179 e. The molecule has 1 unspecified atom stereocenters. The van der Waals surface area contributed by atoms with Gasteiger partial charge in [-0.3, -0.25) is 5.41 Å². The van der Waals surface area contributed by atoms with E-state index >= 15 is 0 Å². The highest BCUT2D eigenvalue weighted by atomic mass is 35.5. The molecule has 5 nitrogen and oxygen atoms in total. The number of thiophene rings is 1. The van der Waals surface area contributed by atoms with E-state index in [1.165, 1.54) is 28.9 Å². The number of fused-ring (bicyclic) bond motifs is 1. The van der Waals surface area contributed by atoms with E-state index in [0.29, 0.717) is 22.7 Å². The van der Waals surface area contributed by atoms with Gasteiger partial charge in [-0.25, -0.2) is 9.97 Å². The Labute approximate surface area is 227 Å². The van der Waals surface area contributed by atoms with Crippen LogP contribution in [0.15, 0.2) is 17.2 Å². The minimum atomic E-state index is 0.165. The minimum absolute atomic E-state index is 0.165. The number of nitrogens with zero attached hydrogens (tertiary/aromatic N) is 4. The molecule has 1 fully saturated rings. The molecule has 4 rings (SSSR count). The zero-order chi connectivity index (χ0) is 25.8. The van der Waals surface area contributed by atoms with Gasteiger partial charge in [0.1, 0.15) is 16.9 Å². The van der Waals surface area contributed by atoms with Gasteiger partial charge in [0.2, 0.25) is 0 Å². The molecule has 8 heteroatoms. The number of nitriles is 1. The number of rotatable bonds is 9. The van der Waals surface area contributed by atoms with Crippen molar-refractivity contribution >= 4 is 42.5 Å². The summed E-state index contributed by atoms with van der Waals surface area (Å²) in [5.74, 6) is 0.592. The Bertz CT molecular complexity index is 1200. The Kier molecular flexibility index (Phi) is 9.34. The van der Waals surface area contributed by atoms with Crippen LogP contribution >= 0.6 is 32.2 Å². The zero-order valence-electron chi connectivity index (χ0n) is 21.7. The molecular formula is C28H37ClN5PS. The molecule has 1 aliphatic carbocycles. The molecule has 1 aliphatic heterocycles. The second kappa shape index (κ2) is 12.3. The summed E-state index contributed by atoms with van der Waals surface area (Å²) in [6.45, 7) is 5.49. The van der Waals surface area contributed by atoms with Gasteiger partial charge < -0.3 is 4.90 Å². The molecule has 0 aromatic carbocycles. The largest absolute Gasteiger partial charge is 0.303 e. The zero-order valence-corrected chi connectivity index (χ0v) is 24.4. The molecule has 1 saturated heterocycles. The van der Waals surface area contributed by atoms with E-state index in [4.69, 9.17) is 16.6 Å². The van der Waals surface area contributed by atoms with Gasteiger partial charge in [0.25, 0.3) is 0 Å². The van der Waals surface area contributed by atoms with E-state index in [1.54, 1.807) is 11.3 Å². The Morgan fingerprint density at radius 3 is 2.83 bits per heavy atom. The fraction of sp³-hybridized carbons (Fsp3) is 0.571.